The number of nitrogens with zero attached hydrogens (tertiary/aromatic N) is 2. The lowest BCUT2D eigenvalue weighted by atomic mass is 10.2. The molecule has 110 valence electrons. The first-order valence-electron chi connectivity index (χ1n) is 6.54. The van der Waals surface area contributed by atoms with Crippen LogP contribution in [0.2, 0.25) is 10.0 Å². The van der Waals surface area contributed by atoms with Crippen molar-refractivity contribution < 1.29 is 9.53 Å². The summed E-state index contributed by atoms with van der Waals surface area (Å²) in [6, 6.07) is 5.53. The zero-order valence-electron chi connectivity index (χ0n) is 11.4. The average molecular weight is 317 g/mol. The highest BCUT2D eigenvalue weighted by atomic mass is 35.5. The van der Waals surface area contributed by atoms with Crippen LogP contribution in [0.4, 0.5) is 0 Å². The Balaban J connectivity index is 1.86. The van der Waals surface area contributed by atoms with E-state index in [0.29, 0.717) is 49.4 Å². The van der Waals surface area contributed by atoms with Gasteiger partial charge in [-0.2, -0.15) is 0 Å². The fourth-order valence-corrected chi connectivity index (χ4v) is 2.47. The van der Waals surface area contributed by atoms with E-state index in [2.05, 4.69) is 0 Å². The van der Waals surface area contributed by atoms with Gasteiger partial charge in [-0.25, -0.2) is 0 Å². The molecule has 1 fully saturated rings. The van der Waals surface area contributed by atoms with Crippen LogP contribution in [0.15, 0.2) is 18.2 Å². The third-order valence-electron chi connectivity index (χ3n) is 3.21. The maximum Gasteiger partial charge on any atom is 0.236 e. The van der Waals surface area contributed by atoms with Gasteiger partial charge in [-0.1, -0.05) is 29.3 Å². The summed E-state index contributed by atoms with van der Waals surface area (Å²) < 4.78 is 5.24. The number of rotatable bonds is 4. The SMILES string of the molecule is CN(CC(=O)N1CCOCC1)Cc1ccc(Cl)c(Cl)c1. The zero-order chi connectivity index (χ0) is 14.5. The van der Waals surface area contributed by atoms with E-state index in [9.17, 15) is 4.79 Å². The second-order valence-electron chi connectivity index (χ2n) is 4.91. The summed E-state index contributed by atoms with van der Waals surface area (Å²) in [4.78, 5) is 15.9. The molecule has 1 aliphatic heterocycles. The summed E-state index contributed by atoms with van der Waals surface area (Å²) in [5.74, 6) is 0.135. The lowest BCUT2D eigenvalue weighted by Gasteiger charge is -2.28. The topological polar surface area (TPSA) is 32.8 Å². The predicted octanol–water partition coefficient (Wildman–Crippen LogP) is 2.28. The molecule has 0 unspecified atom stereocenters. The zero-order valence-corrected chi connectivity index (χ0v) is 13.0. The van der Waals surface area contributed by atoms with Gasteiger partial charge >= 0.3 is 0 Å². The van der Waals surface area contributed by atoms with E-state index in [1.54, 1.807) is 6.07 Å². The van der Waals surface area contributed by atoms with Crippen molar-refractivity contribution in [2.45, 2.75) is 6.54 Å². The molecule has 0 spiro atoms. The van der Waals surface area contributed by atoms with Crippen LogP contribution in [-0.4, -0.2) is 55.6 Å². The Hall–Kier alpha value is -0.810. The van der Waals surface area contributed by atoms with Crippen LogP contribution in [-0.2, 0) is 16.1 Å². The second kappa shape index (κ2) is 7.27. The molecular formula is C14H18Cl2N2O2. The van der Waals surface area contributed by atoms with Crippen molar-refractivity contribution in [1.82, 2.24) is 9.80 Å². The van der Waals surface area contributed by atoms with E-state index in [1.807, 2.05) is 29.0 Å². The summed E-state index contributed by atoms with van der Waals surface area (Å²) in [5, 5.41) is 1.08. The van der Waals surface area contributed by atoms with Gasteiger partial charge in [-0.15, -0.1) is 0 Å². The molecule has 1 amide bonds. The molecule has 0 radical (unpaired) electrons. The number of morpholine rings is 1. The van der Waals surface area contributed by atoms with Gasteiger partial charge in [-0.3, -0.25) is 9.69 Å². The van der Waals surface area contributed by atoms with Gasteiger partial charge in [0.25, 0.3) is 0 Å². The quantitative estimate of drug-likeness (QED) is 0.854. The molecule has 0 saturated carbocycles. The number of hydrogen-bond acceptors (Lipinski definition) is 3. The van der Waals surface area contributed by atoms with Crippen LogP contribution in [0.1, 0.15) is 5.56 Å². The smallest absolute Gasteiger partial charge is 0.236 e. The molecule has 20 heavy (non-hydrogen) atoms. The first-order chi connectivity index (χ1) is 9.56. The first kappa shape index (κ1) is 15.6. The monoisotopic (exact) mass is 316 g/mol. The fraction of sp³-hybridized carbons (Fsp3) is 0.500. The lowest BCUT2D eigenvalue weighted by molar-refractivity contribution is -0.136. The normalized spacial score (nSPS) is 15.7. The minimum atomic E-state index is 0.135. The Morgan fingerprint density at radius 2 is 2.00 bits per heavy atom. The van der Waals surface area contributed by atoms with Gasteiger partial charge in [0.15, 0.2) is 0 Å². The Morgan fingerprint density at radius 3 is 2.65 bits per heavy atom. The molecule has 1 aromatic carbocycles. The molecule has 0 aromatic heterocycles. The summed E-state index contributed by atoms with van der Waals surface area (Å²) in [7, 11) is 1.92. The third kappa shape index (κ3) is 4.35. The molecule has 1 aromatic rings. The minimum Gasteiger partial charge on any atom is -0.378 e. The van der Waals surface area contributed by atoms with Crippen LogP contribution < -0.4 is 0 Å². The van der Waals surface area contributed by atoms with Gasteiger partial charge in [0.1, 0.15) is 0 Å². The number of hydrogen-bond donors (Lipinski definition) is 0. The van der Waals surface area contributed by atoms with E-state index in [1.165, 1.54) is 0 Å². The molecule has 2 rings (SSSR count). The molecule has 1 aliphatic rings. The van der Waals surface area contributed by atoms with Crippen molar-refractivity contribution in [3.63, 3.8) is 0 Å². The van der Waals surface area contributed by atoms with E-state index in [-0.39, 0.29) is 5.91 Å². The van der Waals surface area contributed by atoms with E-state index in [0.717, 1.165) is 5.56 Å². The molecule has 0 bridgehead atoms. The molecule has 0 aliphatic carbocycles. The molecule has 0 atom stereocenters. The highest BCUT2D eigenvalue weighted by Crippen LogP contribution is 2.23. The molecule has 6 heteroatoms. The number of benzene rings is 1. The highest BCUT2D eigenvalue weighted by Gasteiger charge is 2.18. The van der Waals surface area contributed by atoms with Crippen LogP contribution in [0.25, 0.3) is 0 Å². The van der Waals surface area contributed by atoms with Crippen molar-refractivity contribution in [2.24, 2.45) is 0 Å². The second-order valence-corrected chi connectivity index (χ2v) is 5.73. The third-order valence-corrected chi connectivity index (χ3v) is 3.94. The van der Waals surface area contributed by atoms with Crippen LogP contribution in [0, 0.1) is 0 Å². The first-order valence-corrected chi connectivity index (χ1v) is 7.30. The van der Waals surface area contributed by atoms with Crippen LogP contribution in [0.5, 0.6) is 0 Å². The molecule has 0 N–H and O–H groups in total. The number of halogens is 2. The molecule has 1 heterocycles. The highest BCUT2D eigenvalue weighted by molar-refractivity contribution is 6.42. The molecule has 1 saturated heterocycles. The van der Waals surface area contributed by atoms with Crippen molar-refractivity contribution in [1.29, 1.82) is 0 Å². The van der Waals surface area contributed by atoms with Gasteiger partial charge in [-0.05, 0) is 24.7 Å². The van der Waals surface area contributed by atoms with Crippen LogP contribution in [0.3, 0.4) is 0 Å². The Labute approximate surface area is 129 Å². The maximum atomic E-state index is 12.1. The Morgan fingerprint density at radius 1 is 1.30 bits per heavy atom. The summed E-state index contributed by atoms with van der Waals surface area (Å²) in [6.45, 7) is 3.66. The lowest BCUT2D eigenvalue weighted by Crippen LogP contribution is -2.44. The summed E-state index contributed by atoms with van der Waals surface area (Å²) >= 11 is 11.9. The van der Waals surface area contributed by atoms with Crippen molar-refractivity contribution in [2.75, 3.05) is 39.9 Å². The van der Waals surface area contributed by atoms with E-state index in [4.69, 9.17) is 27.9 Å². The van der Waals surface area contributed by atoms with E-state index >= 15 is 0 Å². The Bertz CT molecular complexity index is 476. The van der Waals surface area contributed by atoms with E-state index < -0.39 is 0 Å². The number of carbonyl (C=O) groups is 1. The number of amides is 1. The largest absolute Gasteiger partial charge is 0.378 e. The Kier molecular flexibility index (Phi) is 5.66. The predicted molar refractivity (Wildman–Crippen MR) is 80.2 cm³/mol. The average Bonchev–Trinajstić information content (AvgIpc) is 2.44. The van der Waals surface area contributed by atoms with Crippen molar-refractivity contribution in [3.8, 4) is 0 Å². The van der Waals surface area contributed by atoms with Gasteiger partial charge in [0.05, 0.1) is 29.8 Å². The van der Waals surface area contributed by atoms with Crippen molar-refractivity contribution >= 4 is 29.1 Å². The molecular weight excluding hydrogens is 299 g/mol. The standard InChI is InChI=1S/C14H18Cl2N2O2/c1-17(9-11-2-3-12(15)13(16)8-11)10-14(19)18-4-6-20-7-5-18/h2-3,8H,4-7,9-10H2,1H3. The summed E-state index contributed by atoms with van der Waals surface area (Å²) in [5.41, 5.74) is 1.04. The fourth-order valence-electron chi connectivity index (χ4n) is 2.15. The minimum absolute atomic E-state index is 0.135. The van der Waals surface area contributed by atoms with Crippen molar-refractivity contribution in [3.05, 3.63) is 33.8 Å². The number of ether oxygens (including phenoxy) is 1. The number of likely N-dealkylation sites (N-methyl/N-ethyl adjacent to an activating group) is 1. The van der Waals surface area contributed by atoms with Gasteiger partial charge in [0.2, 0.25) is 5.91 Å². The molecule has 4 nitrogen and oxygen atoms in total. The van der Waals surface area contributed by atoms with Crippen LogP contribution >= 0.6 is 23.2 Å². The maximum absolute atomic E-state index is 12.1. The number of carbonyl (C=O) groups excluding carboxylic acids is 1. The summed E-state index contributed by atoms with van der Waals surface area (Å²) in [6.07, 6.45) is 0. The van der Waals surface area contributed by atoms with Gasteiger partial charge < -0.3 is 9.64 Å². The van der Waals surface area contributed by atoms with Gasteiger partial charge in [0, 0.05) is 19.6 Å².